The number of morpholine rings is 1. The Hall–Kier alpha value is -1.28. The predicted octanol–water partition coefficient (Wildman–Crippen LogP) is 3.71. The van der Waals surface area contributed by atoms with Gasteiger partial charge in [-0.15, -0.1) is 12.4 Å². The number of thiazole rings is 1. The molecule has 2 heterocycles. The monoisotopic (exact) mass is 401 g/mol. The van der Waals surface area contributed by atoms with Crippen LogP contribution >= 0.6 is 23.7 Å². The maximum atomic E-state index is 13.4. The van der Waals surface area contributed by atoms with Crippen LogP contribution in [0.4, 0.5) is 9.52 Å². The van der Waals surface area contributed by atoms with E-state index in [9.17, 15) is 9.18 Å². The third-order valence-corrected chi connectivity index (χ3v) is 5.34. The molecular formula is C18H25ClFN3O2S. The molecule has 3 rings (SSSR count). The minimum absolute atomic E-state index is 0. The highest BCUT2D eigenvalue weighted by atomic mass is 35.5. The van der Waals surface area contributed by atoms with E-state index in [1.807, 2.05) is 6.92 Å². The lowest BCUT2D eigenvalue weighted by molar-refractivity contribution is -0.118. The number of ether oxygens (including phenoxy) is 1. The summed E-state index contributed by atoms with van der Waals surface area (Å²) in [7, 11) is 0. The molecule has 26 heavy (non-hydrogen) atoms. The van der Waals surface area contributed by atoms with Gasteiger partial charge in [0, 0.05) is 32.6 Å². The summed E-state index contributed by atoms with van der Waals surface area (Å²) in [5.74, 6) is -0.189. The van der Waals surface area contributed by atoms with Gasteiger partial charge in [0.25, 0.3) is 0 Å². The lowest BCUT2D eigenvalue weighted by atomic mass is 10.2. The van der Waals surface area contributed by atoms with Gasteiger partial charge in [-0.25, -0.2) is 9.37 Å². The number of rotatable bonds is 7. The molecule has 0 aliphatic carbocycles. The highest BCUT2D eigenvalue weighted by Gasteiger charge is 2.20. The van der Waals surface area contributed by atoms with Crippen LogP contribution < -0.4 is 4.90 Å². The number of aromatic nitrogens is 1. The molecule has 2 aromatic rings. The predicted molar refractivity (Wildman–Crippen MR) is 106 cm³/mol. The molecule has 1 fully saturated rings. The van der Waals surface area contributed by atoms with Crippen LogP contribution in [0.3, 0.4) is 0 Å². The van der Waals surface area contributed by atoms with Crippen LogP contribution in [0.25, 0.3) is 10.2 Å². The van der Waals surface area contributed by atoms with Gasteiger partial charge < -0.3 is 4.74 Å². The Balaban J connectivity index is 0.00000243. The summed E-state index contributed by atoms with van der Waals surface area (Å²) in [5.41, 5.74) is 0.740. The maximum absolute atomic E-state index is 13.4. The number of hydrogen-bond donors (Lipinski definition) is 0. The minimum Gasteiger partial charge on any atom is -0.379 e. The van der Waals surface area contributed by atoms with E-state index in [0.29, 0.717) is 18.1 Å². The fraction of sp³-hybridized carbons (Fsp3) is 0.556. The first-order valence-corrected chi connectivity index (χ1v) is 9.65. The molecular weight excluding hydrogens is 377 g/mol. The zero-order chi connectivity index (χ0) is 17.6. The first-order valence-electron chi connectivity index (χ1n) is 8.84. The Morgan fingerprint density at radius 3 is 2.88 bits per heavy atom. The topological polar surface area (TPSA) is 45.7 Å². The molecule has 1 saturated heterocycles. The Labute approximate surface area is 163 Å². The number of fused-ring (bicyclic) bond motifs is 1. The van der Waals surface area contributed by atoms with Crippen molar-refractivity contribution in [3.8, 4) is 0 Å². The van der Waals surface area contributed by atoms with Crippen LogP contribution in [0.15, 0.2) is 18.2 Å². The van der Waals surface area contributed by atoms with Gasteiger partial charge in [-0.3, -0.25) is 14.6 Å². The number of nitrogens with zero attached hydrogens (tertiary/aromatic N) is 3. The second-order valence-corrected chi connectivity index (χ2v) is 7.22. The molecule has 0 radical (unpaired) electrons. The van der Waals surface area contributed by atoms with Crippen molar-refractivity contribution < 1.29 is 13.9 Å². The number of benzene rings is 1. The molecule has 0 spiro atoms. The Morgan fingerprint density at radius 2 is 2.15 bits per heavy atom. The van der Waals surface area contributed by atoms with Crippen molar-refractivity contribution in [2.75, 3.05) is 44.3 Å². The average Bonchev–Trinajstić information content (AvgIpc) is 3.02. The summed E-state index contributed by atoms with van der Waals surface area (Å²) in [6.45, 7) is 7.03. The smallest absolute Gasteiger partial charge is 0.228 e. The van der Waals surface area contributed by atoms with E-state index >= 15 is 0 Å². The third kappa shape index (κ3) is 5.36. The average molecular weight is 402 g/mol. The molecule has 1 amide bonds. The minimum atomic E-state index is -0.276. The fourth-order valence-corrected chi connectivity index (χ4v) is 3.99. The van der Waals surface area contributed by atoms with Crippen LogP contribution in [-0.2, 0) is 9.53 Å². The SMILES string of the molecule is CCCC(=O)N(CCCN1CCOCC1)c1nc2ccc(F)cc2s1.Cl. The lowest BCUT2D eigenvalue weighted by Gasteiger charge is -2.27. The maximum Gasteiger partial charge on any atom is 0.228 e. The van der Waals surface area contributed by atoms with Crippen molar-refractivity contribution in [1.29, 1.82) is 0 Å². The summed E-state index contributed by atoms with van der Waals surface area (Å²) in [4.78, 5) is 21.2. The number of amides is 1. The van der Waals surface area contributed by atoms with Gasteiger partial charge in [0.1, 0.15) is 5.82 Å². The van der Waals surface area contributed by atoms with Gasteiger partial charge >= 0.3 is 0 Å². The number of carbonyl (C=O) groups is 1. The summed E-state index contributed by atoms with van der Waals surface area (Å²) >= 11 is 1.38. The lowest BCUT2D eigenvalue weighted by Crippen LogP contribution is -2.39. The van der Waals surface area contributed by atoms with E-state index in [0.717, 1.165) is 55.9 Å². The molecule has 0 unspecified atom stereocenters. The van der Waals surface area contributed by atoms with Gasteiger partial charge in [-0.05, 0) is 31.0 Å². The summed E-state index contributed by atoms with van der Waals surface area (Å²) < 4.78 is 19.6. The second-order valence-electron chi connectivity index (χ2n) is 6.21. The zero-order valence-corrected chi connectivity index (χ0v) is 16.6. The van der Waals surface area contributed by atoms with Crippen LogP contribution in [0.1, 0.15) is 26.2 Å². The second kappa shape index (κ2) is 10.2. The molecule has 5 nitrogen and oxygen atoms in total. The van der Waals surface area contributed by atoms with E-state index in [-0.39, 0.29) is 24.1 Å². The van der Waals surface area contributed by atoms with Crippen LogP contribution in [0, 0.1) is 5.82 Å². The summed E-state index contributed by atoms with van der Waals surface area (Å²) in [5, 5.41) is 0.668. The van der Waals surface area contributed by atoms with Gasteiger partial charge in [0.15, 0.2) is 5.13 Å². The summed E-state index contributed by atoms with van der Waals surface area (Å²) in [6.07, 6.45) is 2.19. The van der Waals surface area contributed by atoms with Crippen molar-refractivity contribution in [2.24, 2.45) is 0 Å². The number of hydrogen-bond acceptors (Lipinski definition) is 5. The van der Waals surface area contributed by atoms with Crippen molar-refractivity contribution in [3.05, 3.63) is 24.0 Å². The first kappa shape index (κ1) is 21.0. The largest absolute Gasteiger partial charge is 0.379 e. The first-order chi connectivity index (χ1) is 12.2. The van der Waals surface area contributed by atoms with Crippen molar-refractivity contribution in [1.82, 2.24) is 9.88 Å². The molecule has 144 valence electrons. The van der Waals surface area contributed by atoms with Crippen LogP contribution in [0.2, 0.25) is 0 Å². The van der Waals surface area contributed by atoms with E-state index < -0.39 is 0 Å². The van der Waals surface area contributed by atoms with Gasteiger partial charge in [-0.2, -0.15) is 0 Å². The zero-order valence-electron chi connectivity index (χ0n) is 14.9. The Bertz CT molecular complexity index is 722. The molecule has 0 N–H and O–H groups in total. The van der Waals surface area contributed by atoms with Gasteiger partial charge in [0.2, 0.25) is 5.91 Å². The molecule has 0 atom stereocenters. The fourth-order valence-electron chi connectivity index (χ4n) is 2.95. The van der Waals surface area contributed by atoms with Crippen LogP contribution in [0.5, 0.6) is 0 Å². The molecule has 8 heteroatoms. The van der Waals surface area contributed by atoms with E-state index in [1.165, 1.54) is 23.5 Å². The van der Waals surface area contributed by atoms with Crippen molar-refractivity contribution in [2.45, 2.75) is 26.2 Å². The standard InChI is InChI=1S/C18H24FN3O2S.ClH/c1-2-4-17(23)22(8-3-7-21-9-11-24-12-10-21)18-20-15-6-5-14(19)13-16(15)25-18;/h5-6,13H,2-4,7-12H2,1H3;1H. The Kier molecular flexibility index (Phi) is 8.21. The van der Waals surface area contributed by atoms with E-state index in [2.05, 4.69) is 9.88 Å². The van der Waals surface area contributed by atoms with Crippen molar-refractivity contribution in [3.63, 3.8) is 0 Å². The summed E-state index contributed by atoms with van der Waals surface area (Å²) in [6, 6.07) is 4.55. The number of carbonyl (C=O) groups excluding carboxylic acids is 1. The highest BCUT2D eigenvalue weighted by Crippen LogP contribution is 2.30. The van der Waals surface area contributed by atoms with Crippen molar-refractivity contribution >= 4 is 45.0 Å². The third-order valence-electron chi connectivity index (χ3n) is 4.29. The normalized spacial score (nSPS) is 15.0. The number of anilines is 1. The Morgan fingerprint density at radius 1 is 1.38 bits per heavy atom. The van der Waals surface area contributed by atoms with E-state index in [4.69, 9.17) is 4.74 Å². The molecule has 1 aliphatic rings. The highest BCUT2D eigenvalue weighted by molar-refractivity contribution is 7.22. The number of halogens is 2. The van der Waals surface area contributed by atoms with E-state index in [1.54, 1.807) is 11.0 Å². The quantitative estimate of drug-likeness (QED) is 0.709. The van der Waals surface area contributed by atoms with Gasteiger partial charge in [0.05, 0.1) is 23.4 Å². The molecule has 1 aliphatic heterocycles. The molecule has 1 aromatic carbocycles. The molecule has 1 aromatic heterocycles. The molecule has 0 bridgehead atoms. The van der Waals surface area contributed by atoms with Gasteiger partial charge in [-0.1, -0.05) is 18.3 Å². The van der Waals surface area contributed by atoms with Crippen LogP contribution in [-0.4, -0.2) is 55.2 Å². The molecule has 0 saturated carbocycles.